The number of imide groups is 1. The third-order valence-electron chi connectivity index (χ3n) is 7.88. The molecule has 1 fully saturated rings. The summed E-state index contributed by atoms with van der Waals surface area (Å²) in [4.78, 5) is 32.9. The number of anilines is 1. The van der Waals surface area contributed by atoms with Crippen molar-refractivity contribution in [3.8, 4) is 11.8 Å². The smallest absolute Gasteiger partial charge is 0.421 e. The molecule has 1 aliphatic heterocycles. The molecule has 1 aromatic heterocycles. The highest BCUT2D eigenvalue weighted by atomic mass is 16.5. The Balaban J connectivity index is 1.31. The Bertz CT molecular complexity index is 1610. The molecule has 10 heteroatoms. The maximum Gasteiger partial charge on any atom is 0.421 e. The predicted molar refractivity (Wildman–Crippen MR) is 173 cm³/mol. The number of ether oxygens (including phenoxy) is 3. The van der Waals surface area contributed by atoms with Gasteiger partial charge in [0.1, 0.15) is 18.5 Å². The maximum atomic E-state index is 14.2. The Morgan fingerprint density at radius 3 is 2.37 bits per heavy atom. The summed E-state index contributed by atoms with van der Waals surface area (Å²) in [6.07, 6.45) is 1.42. The number of carbonyl (C=O) groups is 2. The molecular formula is C36H37N5O5. The first kappa shape index (κ1) is 32.3. The number of aryl methyl sites for hydroxylation is 1. The number of carbonyl (C=O) groups excluding carboxylic acids is 2. The molecule has 0 aliphatic carbocycles. The van der Waals surface area contributed by atoms with Gasteiger partial charge in [0.2, 0.25) is 0 Å². The molecule has 0 radical (unpaired) electrons. The first-order valence-electron chi connectivity index (χ1n) is 15.2. The molecule has 2 amide bonds. The van der Waals surface area contributed by atoms with Gasteiger partial charge in [-0.2, -0.15) is 5.26 Å². The summed E-state index contributed by atoms with van der Waals surface area (Å²) in [5.41, 5.74) is 9.81. The molecule has 0 spiro atoms. The van der Waals surface area contributed by atoms with Gasteiger partial charge < -0.3 is 25.3 Å². The summed E-state index contributed by atoms with van der Waals surface area (Å²) in [6.45, 7) is 1.57. The summed E-state index contributed by atoms with van der Waals surface area (Å²) in [5.74, 6) is -0.507. The van der Waals surface area contributed by atoms with Crippen LogP contribution in [0, 0.1) is 11.3 Å². The van der Waals surface area contributed by atoms with Crippen molar-refractivity contribution in [1.29, 1.82) is 5.26 Å². The van der Waals surface area contributed by atoms with Crippen LogP contribution < -0.4 is 20.7 Å². The van der Waals surface area contributed by atoms with Gasteiger partial charge in [0.05, 0.1) is 42.3 Å². The lowest BCUT2D eigenvalue weighted by Gasteiger charge is -2.31. The molecule has 46 heavy (non-hydrogen) atoms. The van der Waals surface area contributed by atoms with Crippen molar-refractivity contribution >= 4 is 17.7 Å². The van der Waals surface area contributed by atoms with E-state index in [0.29, 0.717) is 55.2 Å². The molecule has 0 saturated carbocycles. The number of methoxy groups -OCH3 is 1. The van der Waals surface area contributed by atoms with Crippen LogP contribution in [0.3, 0.4) is 0 Å². The van der Waals surface area contributed by atoms with Gasteiger partial charge in [-0.05, 0) is 54.3 Å². The van der Waals surface area contributed by atoms with Gasteiger partial charge in [-0.3, -0.25) is 9.78 Å². The maximum absolute atomic E-state index is 14.2. The number of nitrogens with zero attached hydrogens (tertiary/aromatic N) is 3. The van der Waals surface area contributed by atoms with Crippen molar-refractivity contribution in [2.24, 2.45) is 5.73 Å². The van der Waals surface area contributed by atoms with E-state index in [1.807, 2.05) is 60.7 Å². The molecule has 3 atom stereocenters. The minimum atomic E-state index is -1.10. The molecule has 1 aliphatic rings. The molecule has 3 N–H and O–H groups in total. The first-order chi connectivity index (χ1) is 22.5. The Kier molecular flexibility index (Phi) is 11.1. The highest BCUT2D eigenvalue weighted by Gasteiger charge is 2.36. The molecule has 3 aromatic carbocycles. The fourth-order valence-corrected chi connectivity index (χ4v) is 5.63. The largest absolute Gasteiger partial charge is 0.491 e. The van der Waals surface area contributed by atoms with E-state index in [9.17, 15) is 9.59 Å². The van der Waals surface area contributed by atoms with E-state index in [0.717, 1.165) is 16.0 Å². The number of benzene rings is 3. The zero-order valence-corrected chi connectivity index (χ0v) is 25.6. The SMILES string of the molecule is COC(=O)N(C(=O)[C@@H](N)C(c1ccccc1)c1ccccc1)c1cccnc1CC[C@@H]1CNC[C@@H](COc2cccc(C#N)c2)O1. The highest BCUT2D eigenvalue weighted by molar-refractivity contribution is 6.14. The molecule has 0 bridgehead atoms. The van der Waals surface area contributed by atoms with Crippen LogP contribution in [0.2, 0.25) is 0 Å². The number of aromatic nitrogens is 1. The molecule has 4 aromatic rings. The van der Waals surface area contributed by atoms with Crippen LogP contribution in [-0.4, -0.2) is 62.0 Å². The number of morpholine rings is 1. The number of hydrogen-bond donors (Lipinski definition) is 2. The number of rotatable bonds is 11. The van der Waals surface area contributed by atoms with E-state index in [1.165, 1.54) is 7.11 Å². The predicted octanol–water partition coefficient (Wildman–Crippen LogP) is 4.58. The van der Waals surface area contributed by atoms with Crippen molar-refractivity contribution in [3.05, 3.63) is 126 Å². The van der Waals surface area contributed by atoms with Crippen LogP contribution in [-0.2, 0) is 20.7 Å². The van der Waals surface area contributed by atoms with Crippen LogP contribution >= 0.6 is 0 Å². The summed E-state index contributed by atoms with van der Waals surface area (Å²) < 4.78 is 17.3. The molecule has 2 heterocycles. The van der Waals surface area contributed by atoms with E-state index in [-0.39, 0.29) is 12.2 Å². The third-order valence-corrected chi connectivity index (χ3v) is 7.88. The van der Waals surface area contributed by atoms with Crippen molar-refractivity contribution in [3.63, 3.8) is 0 Å². The fourth-order valence-electron chi connectivity index (χ4n) is 5.63. The average molecular weight is 620 g/mol. The standard InChI is InChI=1S/C36H37N5O5/c1-44-36(43)41(35(42)34(38)33(26-11-4-2-5-12-26)27-13-6-3-7-14-27)32-16-9-19-40-31(32)18-17-29-22-39-23-30(46-29)24-45-28-15-8-10-25(20-28)21-37/h2-16,19-20,29-30,33-34,39H,17-18,22-24,38H2,1H3/t29-,30+,34+/m1/s1. The van der Waals surface area contributed by atoms with Gasteiger partial charge in [0.15, 0.2) is 0 Å². The van der Waals surface area contributed by atoms with Crippen LogP contribution in [0.15, 0.2) is 103 Å². The highest BCUT2D eigenvalue weighted by Crippen LogP contribution is 2.30. The normalized spacial score (nSPS) is 16.7. The van der Waals surface area contributed by atoms with E-state index in [2.05, 4.69) is 16.4 Å². The number of hydrogen-bond acceptors (Lipinski definition) is 9. The number of nitrogens with one attached hydrogen (secondary N) is 1. The van der Waals surface area contributed by atoms with Crippen molar-refractivity contribution < 1.29 is 23.8 Å². The Hall–Kier alpha value is -5.08. The Morgan fingerprint density at radius 2 is 1.70 bits per heavy atom. The molecule has 0 unspecified atom stereocenters. The Labute approximate surface area is 268 Å². The van der Waals surface area contributed by atoms with E-state index < -0.39 is 24.0 Å². The summed E-state index contributed by atoms with van der Waals surface area (Å²) in [7, 11) is 1.23. The molecule has 1 saturated heterocycles. The lowest BCUT2D eigenvalue weighted by Crippen LogP contribution is -2.50. The first-order valence-corrected chi connectivity index (χ1v) is 15.2. The van der Waals surface area contributed by atoms with E-state index >= 15 is 0 Å². The van der Waals surface area contributed by atoms with Gasteiger partial charge in [0.25, 0.3) is 5.91 Å². The third kappa shape index (κ3) is 7.95. The second-order valence-electron chi connectivity index (χ2n) is 11.0. The second kappa shape index (κ2) is 15.8. The van der Waals surface area contributed by atoms with Gasteiger partial charge in [-0.15, -0.1) is 0 Å². The summed E-state index contributed by atoms with van der Waals surface area (Å²) in [6, 6.07) is 30.4. The number of pyridine rings is 1. The lowest BCUT2D eigenvalue weighted by molar-refractivity contribution is -0.119. The van der Waals surface area contributed by atoms with E-state index in [1.54, 1.807) is 42.6 Å². The van der Waals surface area contributed by atoms with Gasteiger partial charge in [-0.1, -0.05) is 66.7 Å². The second-order valence-corrected chi connectivity index (χ2v) is 11.0. The minimum absolute atomic E-state index is 0.160. The van der Waals surface area contributed by atoms with Crippen LogP contribution in [0.4, 0.5) is 10.5 Å². The summed E-state index contributed by atoms with van der Waals surface area (Å²) >= 11 is 0. The van der Waals surface area contributed by atoms with Crippen LogP contribution in [0.5, 0.6) is 5.75 Å². The molecule has 10 nitrogen and oxygen atoms in total. The minimum Gasteiger partial charge on any atom is -0.491 e. The average Bonchev–Trinajstić information content (AvgIpc) is 3.11. The number of nitrogens with two attached hydrogens (primary N) is 1. The van der Waals surface area contributed by atoms with Crippen molar-refractivity contribution in [1.82, 2.24) is 10.3 Å². The molecular weight excluding hydrogens is 582 g/mol. The zero-order valence-electron chi connectivity index (χ0n) is 25.6. The summed E-state index contributed by atoms with van der Waals surface area (Å²) in [5, 5.41) is 12.5. The lowest BCUT2D eigenvalue weighted by atomic mass is 9.84. The van der Waals surface area contributed by atoms with Gasteiger partial charge >= 0.3 is 6.09 Å². The monoisotopic (exact) mass is 619 g/mol. The zero-order chi connectivity index (χ0) is 32.3. The Morgan fingerprint density at radius 1 is 1.00 bits per heavy atom. The van der Waals surface area contributed by atoms with Gasteiger partial charge in [-0.25, -0.2) is 9.69 Å². The number of nitriles is 1. The molecule has 5 rings (SSSR count). The van der Waals surface area contributed by atoms with Crippen molar-refractivity contribution in [2.75, 3.05) is 31.7 Å². The van der Waals surface area contributed by atoms with E-state index in [4.69, 9.17) is 25.2 Å². The number of amides is 2. The van der Waals surface area contributed by atoms with Crippen molar-refractivity contribution in [2.45, 2.75) is 37.0 Å². The van der Waals surface area contributed by atoms with Crippen LogP contribution in [0.1, 0.15) is 34.7 Å². The van der Waals surface area contributed by atoms with Crippen LogP contribution in [0.25, 0.3) is 0 Å². The molecule has 236 valence electrons. The topological polar surface area (TPSA) is 140 Å². The quantitative estimate of drug-likeness (QED) is 0.247. The van der Waals surface area contributed by atoms with Gasteiger partial charge in [0, 0.05) is 25.2 Å². The fraction of sp³-hybridized carbons (Fsp3) is 0.278.